The number of rotatable bonds is 3. The summed E-state index contributed by atoms with van der Waals surface area (Å²) in [4.78, 5) is 15.6. The maximum absolute atomic E-state index is 13.6. The van der Waals surface area contributed by atoms with Gasteiger partial charge in [0, 0.05) is 31.0 Å². The van der Waals surface area contributed by atoms with Crippen molar-refractivity contribution in [2.24, 2.45) is 7.05 Å². The summed E-state index contributed by atoms with van der Waals surface area (Å²) in [7, 11) is 1.57. The third-order valence-corrected chi connectivity index (χ3v) is 6.01. The summed E-state index contributed by atoms with van der Waals surface area (Å²) < 4.78 is 54.1. The highest BCUT2D eigenvalue weighted by atomic mass is 35.5. The van der Waals surface area contributed by atoms with E-state index in [1.165, 1.54) is 35.0 Å². The first kappa shape index (κ1) is 22.4. The minimum atomic E-state index is -4.57. The van der Waals surface area contributed by atoms with E-state index in [1.807, 2.05) is 6.92 Å². The Bertz CT molecular complexity index is 1170. The summed E-state index contributed by atoms with van der Waals surface area (Å²) in [6.07, 6.45) is -2.27. The van der Waals surface area contributed by atoms with Gasteiger partial charge >= 0.3 is 6.18 Å². The fraction of sp³-hybridized carbons (Fsp3) is 0.273. The minimum Gasteiger partial charge on any atom is -0.317 e. The minimum absolute atomic E-state index is 0.0386. The van der Waals surface area contributed by atoms with Gasteiger partial charge in [-0.15, -0.1) is 0 Å². The van der Waals surface area contributed by atoms with E-state index < -0.39 is 29.4 Å². The van der Waals surface area contributed by atoms with Gasteiger partial charge in [0.15, 0.2) is 0 Å². The number of aromatic nitrogens is 2. The van der Waals surface area contributed by atoms with Crippen LogP contribution in [0.2, 0.25) is 5.02 Å². The summed E-state index contributed by atoms with van der Waals surface area (Å²) in [6.45, 7) is 1.86. The maximum Gasteiger partial charge on any atom is 0.433 e. The number of halogens is 5. The average molecular weight is 467 g/mol. The molecule has 0 bridgehead atoms. The first-order valence-corrected chi connectivity index (χ1v) is 10.1. The van der Waals surface area contributed by atoms with Crippen molar-refractivity contribution < 1.29 is 17.6 Å². The summed E-state index contributed by atoms with van der Waals surface area (Å²) in [6, 6.07) is 9.20. The molecule has 1 aliphatic rings. The highest BCUT2D eigenvalue weighted by molar-refractivity contribution is 6.30. The smallest absolute Gasteiger partial charge is 0.317 e. The fourth-order valence-corrected chi connectivity index (χ4v) is 4.40. The standard InChI is InChI=1S/C22H19ClF4N4O/c1-12-21(14-3-6-16(24)7-4-14,15-5-8-18(28-10-15)22(25,26)27)30-19(29-12)13-9-17(23)20(32)31(2)11-13/h3-12,19,29-30H,1-2H3/t12-,19?,21?/m0/s1. The van der Waals surface area contributed by atoms with Gasteiger partial charge in [-0.1, -0.05) is 29.8 Å². The Labute approximate surface area is 186 Å². The van der Waals surface area contributed by atoms with Gasteiger partial charge in [-0.25, -0.2) is 4.39 Å². The molecule has 0 aliphatic carbocycles. The van der Waals surface area contributed by atoms with Crippen LogP contribution in [-0.4, -0.2) is 15.6 Å². The zero-order chi connectivity index (χ0) is 23.3. The molecule has 32 heavy (non-hydrogen) atoms. The van der Waals surface area contributed by atoms with E-state index >= 15 is 0 Å². The van der Waals surface area contributed by atoms with Crippen LogP contribution < -0.4 is 16.2 Å². The number of pyridine rings is 2. The third-order valence-electron chi connectivity index (χ3n) is 5.74. The highest BCUT2D eigenvalue weighted by Crippen LogP contribution is 2.41. The molecule has 2 N–H and O–H groups in total. The van der Waals surface area contributed by atoms with Gasteiger partial charge in [0.05, 0.1) is 11.7 Å². The molecule has 2 unspecified atom stereocenters. The van der Waals surface area contributed by atoms with Crippen molar-refractivity contribution in [3.63, 3.8) is 0 Å². The summed E-state index contributed by atoms with van der Waals surface area (Å²) in [5.74, 6) is -0.436. The third kappa shape index (κ3) is 3.80. The second kappa shape index (κ2) is 7.99. The summed E-state index contributed by atoms with van der Waals surface area (Å²) in [5.41, 5.74) is -0.618. The number of nitrogens with one attached hydrogen (secondary N) is 2. The highest BCUT2D eigenvalue weighted by Gasteiger charge is 2.48. The van der Waals surface area contributed by atoms with Crippen LogP contribution in [0.3, 0.4) is 0 Å². The summed E-state index contributed by atoms with van der Waals surface area (Å²) >= 11 is 6.07. The molecule has 1 fully saturated rings. The Hall–Kier alpha value is -2.75. The first-order chi connectivity index (χ1) is 15.0. The van der Waals surface area contributed by atoms with E-state index in [0.717, 1.165) is 6.07 Å². The lowest BCUT2D eigenvalue weighted by atomic mass is 9.79. The molecule has 168 valence electrons. The Balaban J connectivity index is 1.83. The Morgan fingerprint density at radius 2 is 1.78 bits per heavy atom. The van der Waals surface area contributed by atoms with Crippen LogP contribution in [0.15, 0.2) is 59.7 Å². The topological polar surface area (TPSA) is 59.0 Å². The lowest BCUT2D eigenvalue weighted by Crippen LogP contribution is -2.46. The molecule has 0 amide bonds. The van der Waals surface area contributed by atoms with Crippen LogP contribution in [0.5, 0.6) is 0 Å². The normalized spacial score (nSPS) is 23.5. The first-order valence-electron chi connectivity index (χ1n) is 9.72. The molecule has 1 saturated heterocycles. The van der Waals surface area contributed by atoms with Gasteiger partial charge in [0.25, 0.3) is 5.56 Å². The molecule has 5 nitrogen and oxygen atoms in total. The predicted octanol–water partition coefficient (Wildman–Crippen LogP) is 4.12. The number of hydrogen-bond acceptors (Lipinski definition) is 4. The van der Waals surface area contributed by atoms with E-state index in [-0.39, 0.29) is 16.6 Å². The molecule has 1 aromatic carbocycles. The molecule has 0 spiro atoms. The van der Waals surface area contributed by atoms with Crippen LogP contribution >= 0.6 is 11.6 Å². The van der Waals surface area contributed by atoms with Crippen molar-refractivity contribution in [2.45, 2.75) is 30.8 Å². The Morgan fingerprint density at radius 1 is 1.12 bits per heavy atom. The largest absolute Gasteiger partial charge is 0.433 e. The van der Waals surface area contributed by atoms with E-state index in [2.05, 4.69) is 15.6 Å². The number of aryl methyl sites for hydroxylation is 1. The average Bonchev–Trinajstić information content (AvgIpc) is 3.10. The van der Waals surface area contributed by atoms with Gasteiger partial charge in [0.1, 0.15) is 16.5 Å². The van der Waals surface area contributed by atoms with Crippen molar-refractivity contribution in [3.05, 3.63) is 98.4 Å². The predicted molar refractivity (Wildman–Crippen MR) is 112 cm³/mol. The number of hydrogen-bond donors (Lipinski definition) is 2. The zero-order valence-electron chi connectivity index (χ0n) is 17.0. The van der Waals surface area contributed by atoms with Gasteiger partial charge in [-0.3, -0.25) is 20.4 Å². The zero-order valence-corrected chi connectivity index (χ0v) is 17.8. The van der Waals surface area contributed by atoms with Crippen LogP contribution in [0.4, 0.5) is 17.6 Å². The molecule has 3 atom stereocenters. The number of benzene rings is 1. The molecular formula is C22H19ClF4N4O. The molecule has 1 aliphatic heterocycles. The second-order valence-corrected chi connectivity index (χ2v) is 8.16. The lowest BCUT2D eigenvalue weighted by Gasteiger charge is -2.35. The molecule has 3 aromatic rings. The van der Waals surface area contributed by atoms with Crippen LogP contribution in [-0.2, 0) is 18.8 Å². The van der Waals surface area contributed by atoms with Crippen molar-refractivity contribution >= 4 is 11.6 Å². The molecule has 4 rings (SSSR count). The van der Waals surface area contributed by atoms with E-state index in [0.29, 0.717) is 16.7 Å². The van der Waals surface area contributed by atoms with Crippen LogP contribution in [0.25, 0.3) is 0 Å². The molecular weight excluding hydrogens is 448 g/mol. The quantitative estimate of drug-likeness (QED) is 0.570. The van der Waals surface area contributed by atoms with Crippen molar-refractivity contribution in [1.29, 1.82) is 0 Å². The van der Waals surface area contributed by atoms with Crippen molar-refractivity contribution in [1.82, 2.24) is 20.2 Å². The number of nitrogens with zero attached hydrogens (tertiary/aromatic N) is 2. The Kier molecular flexibility index (Phi) is 5.60. The lowest BCUT2D eigenvalue weighted by molar-refractivity contribution is -0.141. The molecule has 10 heteroatoms. The summed E-state index contributed by atoms with van der Waals surface area (Å²) in [5, 5.41) is 6.83. The van der Waals surface area contributed by atoms with Crippen molar-refractivity contribution in [2.75, 3.05) is 0 Å². The monoisotopic (exact) mass is 466 g/mol. The molecule has 2 aromatic heterocycles. The fourth-order valence-electron chi connectivity index (χ4n) is 4.14. The van der Waals surface area contributed by atoms with E-state index in [1.54, 1.807) is 25.4 Å². The molecule has 3 heterocycles. The maximum atomic E-state index is 13.6. The van der Waals surface area contributed by atoms with Crippen molar-refractivity contribution in [3.8, 4) is 0 Å². The van der Waals surface area contributed by atoms with E-state index in [9.17, 15) is 22.4 Å². The van der Waals surface area contributed by atoms with Gasteiger partial charge in [-0.2, -0.15) is 13.2 Å². The van der Waals surface area contributed by atoms with Crippen LogP contribution in [0, 0.1) is 5.82 Å². The van der Waals surface area contributed by atoms with Gasteiger partial charge in [-0.05, 0) is 42.3 Å². The number of alkyl halides is 3. The Morgan fingerprint density at radius 3 is 2.34 bits per heavy atom. The van der Waals surface area contributed by atoms with Crippen LogP contribution in [0.1, 0.15) is 35.5 Å². The molecule has 0 radical (unpaired) electrons. The molecule has 0 saturated carbocycles. The van der Waals surface area contributed by atoms with E-state index in [4.69, 9.17) is 11.6 Å². The van der Waals surface area contributed by atoms with Gasteiger partial charge < -0.3 is 4.57 Å². The second-order valence-electron chi connectivity index (χ2n) is 7.75. The SMILES string of the molecule is C[C@@H]1NC(c2cc(Cl)c(=O)n(C)c2)NC1(c1ccc(F)cc1)c1ccc(C(F)(F)F)nc1. The van der Waals surface area contributed by atoms with Gasteiger partial charge in [0.2, 0.25) is 0 Å².